The maximum absolute atomic E-state index is 5.90. The van der Waals surface area contributed by atoms with Gasteiger partial charge in [0.2, 0.25) is 0 Å². The van der Waals surface area contributed by atoms with E-state index in [2.05, 4.69) is 33.0 Å². The highest BCUT2D eigenvalue weighted by molar-refractivity contribution is 7.11. The molecule has 0 bridgehead atoms. The molecule has 0 N–H and O–H groups in total. The van der Waals surface area contributed by atoms with E-state index in [1.807, 2.05) is 5.70 Å². The molecule has 0 saturated heterocycles. The lowest BCUT2D eigenvalue weighted by Gasteiger charge is -2.14. The fraction of sp³-hybridized carbons (Fsp3) is 0.625. The van der Waals surface area contributed by atoms with E-state index in [0.29, 0.717) is 5.41 Å². The van der Waals surface area contributed by atoms with Crippen LogP contribution in [0.5, 0.6) is 0 Å². The molecule has 0 aromatic rings. The van der Waals surface area contributed by atoms with Crippen molar-refractivity contribution in [2.75, 3.05) is 0 Å². The van der Waals surface area contributed by atoms with Crippen LogP contribution in [0.25, 0.3) is 0 Å². The normalized spacial score (nSPS) is 13.4. The molecule has 0 saturated carbocycles. The largest absolute Gasteiger partial charge is 0.146 e. The highest BCUT2D eigenvalue weighted by Gasteiger charge is 2.06. The summed E-state index contributed by atoms with van der Waals surface area (Å²) in [5.74, 6) is 0. The third kappa shape index (κ3) is 6.24. The van der Waals surface area contributed by atoms with Gasteiger partial charge in [-0.05, 0) is 11.8 Å². The third-order valence-electron chi connectivity index (χ3n) is 1.10. The van der Waals surface area contributed by atoms with E-state index in [0.717, 1.165) is 6.42 Å². The van der Waals surface area contributed by atoms with Crippen LogP contribution in [-0.4, -0.2) is 13.4 Å². The molecule has 0 heterocycles. The second-order valence-electron chi connectivity index (χ2n) is 3.56. The number of halogens is 1. The van der Waals surface area contributed by atoms with Crippen LogP contribution in [0.3, 0.4) is 0 Å². The van der Waals surface area contributed by atoms with Gasteiger partial charge in [-0.3, -0.25) is 0 Å². The lowest BCUT2D eigenvalue weighted by atomic mass is 9.94. The molecule has 0 aliphatic carbocycles. The maximum Gasteiger partial charge on any atom is 0.146 e. The Labute approximate surface area is 69.8 Å². The number of rotatable bonds is 2. The Balaban J connectivity index is 3.84. The molecule has 0 aliphatic rings. The average molecular weight is 175 g/mol. The molecule has 58 valence electrons. The smallest absolute Gasteiger partial charge is 0.134 e. The Morgan fingerprint density at radius 2 is 2.00 bits per heavy atom. The molecule has 0 radical (unpaired) electrons. The van der Waals surface area contributed by atoms with Gasteiger partial charge in [0.1, 0.15) is 7.72 Å². The molecule has 0 aliphatic heterocycles. The van der Waals surface area contributed by atoms with Crippen LogP contribution in [0, 0.1) is 5.41 Å². The van der Waals surface area contributed by atoms with Gasteiger partial charge in [-0.1, -0.05) is 32.1 Å². The Morgan fingerprint density at radius 3 is 2.30 bits per heavy atom. The van der Waals surface area contributed by atoms with E-state index in [1.165, 1.54) is 0 Å². The van der Waals surface area contributed by atoms with Crippen LogP contribution < -0.4 is 0 Å². The second-order valence-corrected chi connectivity index (χ2v) is 6.45. The molecule has 0 aromatic carbocycles. The molecule has 10 heavy (non-hydrogen) atoms. The molecule has 0 unspecified atom stereocenters. The van der Waals surface area contributed by atoms with Crippen molar-refractivity contribution in [1.29, 1.82) is 0 Å². The SMILES string of the molecule is C=C[Si](Cl)=CCC(C)(C)C. The molecule has 0 aromatic heterocycles. The predicted molar refractivity (Wildman–Crippen MR) is 51.9 cm³/mol. The van der Waals surface area contributed by atoms with Crippen LogP contribution in [0.1, 0.15) is 27.2 Å². The maximum atomic E-state index is 5.90. The van der Waals surface area contributed by atoms with Gasteiger partial charge in [0.05, 0.1) is 0 Å². The number of hydrogen-bond acceptors (Lipinski definition) is 0. The standard InChI is InChI=1S/C8H15ClSi/c1-5-10(9)7-6-8(2,3)4/h5,7H,1,6H2,2-4H3. The molecule has 0 nitrogen and oxygen atoms in total. The van der Waals surface area contributed by atoms with Gasteiger partial charge >= 0.3 is 0 Å². The monoisotopic (exact) mass is 174 g/mol. The van der Waals surface area contributed by atoms with Crippen molar-refractivity contribution < 1.29 is 0 Å². The summed E-state index contributed by atoms with van der Waals surface area (Å²) in [6.45, 7) is 10.3. The van der Waals surface area contributed by atoms with Crippen molar-refractivity contribution in [3.8, 4) is 0 Å². The Hall–Kier alpha value is 0.117. The van der Waals surface area contributed by atoms with Gasteiger partial charge in [-0.2, -0.15) is 0 Å². The van der Waals surface area contributed by atoms with Crippen LogP contribution >= 0.6 is 11.1 Å². The van der Waals surface area contributed by atoms with Crippen molar-refractivity contribution in [2.24, 2.45) is 5.41 Å². The molecule has 0 spiro atoms. The first-order valence-corrected chi connectivity index (χ1v) is 6.10. The van der Waals surface area contributed by atoms with Crippen molar-refractivity contribution in [2.45, 2.75) is 27.2 Å². The fourth-order valence-electron chi connectivity index (χ4n) is 0.487. The van der Waals surface area contributed by atoms with E-state index in [-0.39, 0.29) is 0 Å². The summed E-state index contributed by atoms with van der Waals surface area (Å²) in [6.07, 6.45) is 1.08. The van der Waals surface area contributed by atoms with Crippen molar-refractivity contribution in [3.63, 3.8) is 0 Å². The van der Waals surface area contributed by atoms with Gasteiger partial charge in [0.15, 0.2) is 0 Å². The molecule has 2 heteroatoms. The van der Waals surface area contributed by atoms with Gasteiger partial charge < -0.3 is 0 Å². The van der Waals surface area contributed by atoms with E-state index >= 15 is 0 Å². The summed E-state index contributed by atoms with van der Waals surface area (Å²) in [5.41, 5.74) is 4.39. The summed E-state index contributed by atoms with van der Waals surface area (Å²) in [4.78, 5) is 0. The zero-order valence-electron chi connectivity index (χ0n) is 6.95. The number of hydrogen-bond donors (Lipinski definition) is 0. The molecule has 0 atom stereocenters. The Morgan fingerprint density at radius 1 is 1.50 bits per heavy atom. The summed E-state index contributed by atoms with van der Waals surface area (Å²) >= 11 is 5.90. The first-order valence-electron chi connectivity index (χ1n) is 3.44. The Kier molecular flexibility index (Phi) is 4.14. The highest BCUT2D eigenvalue weighted by atomic mass is 35.6. The van der Waals surface area contributed by atoms with Crippen molar-refractivity contribution in [1.82, 2.24) is 0 Å². The minimum absolute atomic E-state index is 0.369. The molecular weight excluding hydrogens is 160 g/mol. The first-order chi connectivity index (χ1) is 4.45. The van der Waals surface area contributed by atoms with E-state index in [9.17, 15) is 0 Å². The Bertz CT molecular complexity index is 142. The summed E-state index contributed by atoms with van der Waals surface area (Å²) < 4.78 is 0. The summed E-state index contributed by atoms with van der Waals surface area (Å²) in [6, 6.07) is 0. The second kappa shape index (κ2) is 4.09. The van der Waals surface area contributed by atoms with Crippen LogP contribution in [0.15, 0.2) is 12.3 Å². The van der Waals surface area contributed by atoms with Crippen LogP contribution in [-0.2, 0) is 0 Å². The molecular formula is C8H15ClSi. The fourth-order valence-corrected chi connectivity index (χ4v) is 1.69. The minimum atomic E-state index is -0.851. The lowest BCUT2D eigenvalue weighted by Crippen LogP contribution is -2.07. The zero-order chi connectivity index (χ0) is 8.20. The average Bonchev–Trinajstić information content (AvgIpc) is 1.81. The molecule has 0 fully saturated rings. The van der Waals surface area contributed by atoms with E-state index < -0.39 is 7.72 Å². The highest BCUT2D eigenvalue weighted by Crippen LogP contribution is 2.16. The topological polar surface area (TPSA) is 0 Å². The summed E-state index contributed by atoms with van der Waals surface area (Å²) in [5, 5.41) is 0. The van der Waals surface area contributed by atoms with E-state index in [4.69, 9.17) is 11.1 Å². The summed E-state index contributed by atoms with van der Waals surface area (Å²) in [7, 11) is -0.851. The lowest BCUT2D eigenvalue weighted by molar-refractivity contribution is 0.439. The molecule has 0 rings (SSSR count). The third-order valence-corrected chi connectivity index (χ3v) is 3.01. The van der Waals surface area contributed by atoms with Gasteiger partial charge in [0.25, 0.3) is 0 Å². The minimum Gasteiger partial charge on any atom is -0.134 e. The zero-order valence-corrected chi connectivity index (χ0v) is 8.70. The van der Waals surface area contributed by atoms with E-state index in [1.54, 1.807) is 0 Å². The quantitative estimate of drug-likeness (QED) is 0.446. The van der Waals surface area contributed by atoms with Crippen molar-refractivity contribution in [3.05, 3.63) is 12.3 Å². The first kappa shape index (κ1) is 10.1. The van der Waals surface area contributed by atoms with Gasteiger partial charge in [-0.25, -0.2) is 0 Å². The van der Waals surface area contributed by atoms with Gasteiger partial charge in [-0.15, -0.1) is 17.7 Å². The van der Waals surface area contributed by atoms with Gasteiger partial charge in [0, 0.05) is 0 Å². The predicted octanol–water partition coefficient (Wildman–Crippen LogP) is 2.76. The van der Waals surface area contributed by atoms with Crippen molar-refractivity contribution >= 4 is 24.5 Å². The molecule has 0 amide bonds. The van der Waals surface area contributed by atoms with Crippen LogP contribution in [0.2, 0.25) is 0 Å². The van der Waals surface area contributed by atoms with Crippen LogP contribution in [0.4, 0.5) is 0 Å².